The molecule has 0 atom stereocenters. The van der Waals surface area contributed by atoms with E-state index in [-0.39, 0.29) is 17.6 Å². The van der Waals surface area contributed by atoms with Crippen LogP contribution in [0.15, 0.2) is 29.6 Å². The molecule has 2 aliphatic heterocycles. The fourth-order valence-corrected chi connectivity index (χ4v) is 4.20. The first-order valence-electron chi connectivity index (χ1n) is 14.1. The van der Waals surface area contributed by atoms with Gasteiger partial charge in [-0.1, -0.05) is 32.4 Å². The van der Waals surface area contributed by atoms with E-state index in [1.807, 2.05) is 58.0 Å². The minimum atomic E-state index is -0.463. The Balaban J connectivity index is 0.000000348. The maximum Gasteiger partial charge on any atom is 0.337 e. The lowest BCUT2D eigenvalue weighted by Crippen LogP contribution is -2.41. The maximum atomic E-state index is 11.9. The molecule has 4 rings (SSSR count). The number of nitrogens with two attached hydrogens (primary N) is 1. The number of hydrogen-bond acceptors (Lipinski definition) is 8. The zero-order chi connectivity index (χ0) is 30.1. The van der Waals surface area contributed by atoms with Gasteiger partial charge in [-0.25, -0.2) is 4.79 Å². The number of carbonyl (C=O) groups is 3. The first-order valence-corrected chi connectivity index (χ1v) is 14.1. The number of rotatable bonds is 5. The predicted octanol–water partition coefficient (Wildman–Crippen LogP) is 3.52. The molecule has 0 aliphatic carbocycles. The van der Waals surface area contributed by atoms with Gasteiger partial charge in [-0.15, -0.1) is 0 Å². The van der Waals surface area contributed by atoms with Gasteiger partial charge in [0.05, 0.1) is 24.9 Å². The van der Waals surface area contributed by atoms with E-state index in [0.29, 0.717) is 18.5 Å². The van der Waals surface area contributed by atoms with Crippen LogP contribution in [0.4, 0.5) is 5.69 Å². The smallest absolute Gasteiger partial charge is 0.337 e. The number of aromatic nitrogens is 2. The number of ether oxygens (including phenoxy) is 1. The SMILES string of the molecule is CC.CNC.COC(=O)/C(C)=C(\N)Nc1cccc2c(C)[nH]nc12.O=C(CN1CCCCCC1=O)N1CCCC1. The monoisotopic (exact) mass is 559 g/mol. The average molecular weight is 560 g/mol. The molecular formula is C29H49N7O4. The Labute approximate surface area is 238 Å². The van der Waals surface area contributed by atoms with Crippen LogP contribution < -0.4 is 16.4 Å². The van der Waals surface area contributed by atoms with Gasteiger partial charge in [0.15, 0.2) is 0 Å². The molecule has 5 N–H and O–H groups in total. The molecule has 0 unspecified atom stereocenters. The van der Waals surface area contributed by atoms with Crippen molar-refractivity contribution in [2.75, 3.05) is 52.7 Å². The average Bonchev–Trinajstić information content (AvgIpc) is 3.59. The standard InChI is InChI=1S/C13H16N4O2.C12H20N2O2.C2H7N.C2H6/c1-7(13(18)19-3)12(14)15-10-6-4-5-9-8(2)16-17-11(9)10;15-11-6-2-1-3-9-14(11)10-12(16)13-7-4-5-8-13;1-3-2;1-2/h4-6,15H,14H2,1-3H3,(H,16,17);1-10H2;3H,1-2H3;1-2H3/b12-7+;;;. The summed E-state index contributed by atoms with van der Waals surface area (Å²) in [5.74, 6) is 0.0770. The number of H-pyrrole nitrogens is 1. The summed E-state index contributed by atoms with van der Waals surface area (Å²) in [6, 6.07) is 5.71. The number of nitrogens with one attached hydrogen (secondary N) is 3. The lowest BCUT2D eigenvalue weighted by Gasteiger charge is -2.23. The summed E-state index contributed by atoms with van der Waals surface area (Å²) in [6.07, 6.45) is 5.97. The number of amides is 2. The van der Waals surface area contributed by atoms with E-state index >= 15 is 0 Å². The first kappa shape index (κ1) is 34.4. The van der Waals surface area contributed by atoms with Gasteiger partial charge >= 0.3 is 5.97 Å². The van der Waals surface area contributed by atoms with Gasteiger partial charge in [0.25, 0.3) is 0 Å². The lowest BCUT2D eigenvalue weighted by molar-refractivity contribution is -0.139. The van der Waals surface area contributed by atoms with Gasteiger partial charge in [0.2, 0.25) is 11.8 Å². The molecule has 2 aliphatic rings. The molecule has 0 spiro atoms. The Morgan fingerprint density at radius 3 is 2.33 bits per heavy atom. The Morgan fingerprint density at radius 1 is 1.07 bits per heavy atom. The van der Waals surface area contributed by atoms with Crippen LogP contribution in [0.3, 0.4) is 0 Å². The fourth-order valence-electron chi connectivity index (χ4n) is 4.20. The molecule has 2 amide bonds. The van der Waals surface area contributed by atoms with E-state index < -0.39 is 5.97 Å². The second-order valence-corrected chi connectivity index (χ2v) is 9.42. The van der Waals surface area contributed by atoms with Crippen molar-refractivity contribution in [3.05, 3.63) is 35.3 Å². The molecule has 40 heavy (non-hydrogen) atoms. The van der Waals surface area contributed by atoms with Crippen molar-refractivity contribution in [3.8, 4) is 0 Å². The molecule has 11 nitrogen and oxygen atoms in total. The Hall–Kier alpha value is -3.60. The Kier molecular flexibility index (Phi) is 16.0. The molecule has 1 aromatic heterocycles. The van der Waals surface area contributed by atoms with Crippen molar-refractivity contribution in [3.63, 3.8) is 0 Å². The van der Waals surface area contributed by atoms with Crippen molar-refractivity contribution in [2.24, 2.45) is 5.73 Å². The molecule has 11 heteroatoms. The number of esters is 1. The van der Waals surface area contributed by atoms with Gasteiger partial charge in [-0.05, 0) is 59.7 Å². The third-order valence-corrected chi connectivity index (χ3v) is 6.40. The highest BCUT2D eigenvalue weighted by atomic mass is 16.5. The highest BCUT2D eigenvalue weighted by Gasteiger charge is 2.23. The second-order valence-electron chi connectivity index (χ2n) is 9.42. The number of para-hydroxylation sites is 1. The minimum Gasteiger partial charge on any atom is -0.466 e. The molecule has 0 saturated carbocycles. The van der Waals surface area contributed by atoms with Crippen molar-refractivity contribution in [1.82, 2.24) is 25.3 Å². The number of aromatic amines is 1. The number of benzene rings is 1. The molecule has 224 valence electrons. The Morgan fingerprint density at radius 2 is 1.70 bits per heavy atom. The number of methoxy groups -OCH3 is 1. The molecule has 2 aromatic rings. The van der Waals surface area contributed by atoms with Crippen molar-refractivity contribution < 1.29 is 19.1 Å². The largest absolute Gasteiger partial charge is 0.466 e. The van der Waals surface area contributed by atoms with Crippen LogP contribution in [-0.2, 0) is 19.1 Å². The summed E-state index contributed by atoms with van der Waals surface area (Å²) >= 11 is 0. The summed E-state index contributed by atoms with van der Waals surface area (Å²) in [5.41, 5.74) is 8.67. The third-order valence-electron chi connectivity index (χ3n) is 6.40. The number of fused-ring (bicyclic) bond motifs is 1. The first-order chi connectivity index (χ1) is 19.2. The van der Waals surface area contributed by atoms with E-state index in [1.165, 1.54) is 7.11 Å². The van der Waals surface area contributed by atoms with Crippen LogP contribution in [0.5, 0.6) is 0 Å². The van der Waals surface area contributed by atoms with Crippen molar-refractivity contribution in [2.45, 2.75) is 66.2 Å². The minimum absolute atomic E-state index is 0.132. The maximum absolute atomic E-state index is 11.9. The highest BCUT2D eigenvalue weighted by Crippen LogP contribution is 2.24. The number of carbonyl (C=O) groups excluding carboxylic acids is 3. The van der Waals surface area contributed by atoms with E-state index in [1.54, 1.807) is 11.8 Å². The number of aryl methyl sites for hydroxylation is 1. The molecule has 2 saturated heterocycles. The molecule has 3 heterocycles. The molecule has 0 radical (unpaired) electrons. The van der Waals surface area contributed by atoms with E-state index in [4.69, 9.17) is 5.73 Å². The van der Waals surface area contributed by atoms with Crippen LogP contribution >= 0.6 is 0 Å². The molecule has 1 aromatic carbocycles. The van der Waals surface area contributed by atoms with Crippen LogP contribution in [0, 0.1) is 6.92 Å². The van der Waals surface area contributed by atoms with E-state index in [2.05, 4.69) is 25.6 Å². The van der Waals surface area contributed by atoms with E-state index in [9.17, 15) is 14.4 Å². The normalized spacial score (nSPS) is 15.3. The molecule has 2 fully saturated rings. The summed E-state index contributed by atoms with van der Waals surface area (Å²) < 4.78 is 4.62. The number of anilines is 1. The van der Waals surface area contributed by atoms with Crippen LogP contribution in [0.25, 0.3) is 10.9 Å². The van der Waals surface area contributed by atoms with Crippen LogP contribution in [-0.4, -0.2) is 85.2 Å². The highest BCUT2D eigenvalue weighted by molar-refractivity contribution is 5.94. The molecular weight excluding hydrogens is 510 g/mol. The third kappa shape index (κ3) is 10.5. The second kappa shape index (κ2) is 18.6. The van der Waals surface area contributed by atoms with Gasteiger partial charge in [0, 0.05) is 37.1 Å². The van der Waals surface area contributed by atoms with Gasteiger partial charge < -0.3 is 30.9 Å². The fraction of sp³-hybridized carbons (Fsp3) is 0.586. The number of likely N-dealkylation sites (tertiary alicyclic amines) is 2. The van der Waals surface area contributed by atoms with Gasteiger partial charge in [0.1, 0.15) is 11.3 Å². The van der Waals surface area contributed by atoms with Crippen LogP contribution in [0.1, 0.15) is 65.0 Å². The van der Waals surface area contributed by atoms with Crippen LogP contribution in [0.2, 0.25) is 0 Å². The predicted molar refractivity (Wildman–Crippen MR) is 161 cm³/mol. The number of hydrogen-bond donors (Lipinski definition) is 4. The van der Waals surface area contributed by atoms with E-state index in [0.717, 1.165) is 74.0 Å². The van der Waals surface area contributed by atoms with Gasteiger partial charge in [-0.2, -0.15) is 5.10 Å². The lowest BCUT2D eigenvalue weighted by atomic mass is 10.2. The number of nitrogens with zero attached hydrogens (tertiary/aromatic N) is 3. The Bertz CT molecular complexity index is 1110. The summed E-state index contributed by atoms with van der Waals surface area (Å²) in [4.78, 5) is 38.6. The summed E-state index contributed by atoms with van der Waals surface area (Å²) in [5, 5.41) is 13.9. The van der Waals surface area contributed by atoms with Crippen molar-refractivity contribution >= 4 is 34.4 Å². The van der Waals surface area contributed by atoms with Crippen molar-refractivity contribution in [1.29, 1.82) is 0 Å². The summed E-state index contributed by atoms with van der Waals surface area (Å²) in [7, 11) is 5.07. The topological polar surface area (TPSA) is 146 Å². The summed E-state index contributed by atoms with van der Waals surface area (Å²) in [6.45, 7) is 10.4. The quantitative estimate of drug-likeness (QED) is 0.322. The zero-order valence-electron chi connectivity index (χ0n) is 25.4. The molecule has 0 bridgehead atoms. The van der Waals surface area contributed by atoms with Gasteiger partial charge in [-0.3, -0.25) is 14.7 Å². The zero-order valence-corrected chi connectivity index (χ0v) is 25.4.